The van der Waals surface area contributed by atoms with Gasteiger partial charge in [0, 0.05) is 4.99 Å². The summed E-state index contributed by atoms with van der Waals surface area (Å²) < 4.78 is 0. The highest BCUT2D eigenvalue weighted by atomic mass is 17.3. The number of hydroxylamine groups is 1. The van der Waals surface area contributed by atoms with Gasteiger partial charge in [-0.15, -0.1) is 0 Å². The standard InChI is InChI=1S/C2H8N2O4/c1-3(5)4(6)8-7-2/h3-4H,1-2H3. The second-order valence-corrected chi connectivity index (χ2v) is 1.09. The zero-order chi connectivity index (χ0) is 6.57. The Morgan fingerprint density at radius 2 is 1.88 bits per heavy atom. The van der Waals surface area contributed by atoms with Gasteiger partial charge < -0.3 is 10.4 Å². The smallest absolute Gasteiger partial charge is 0.114 e. The van der Waals surface area contributed by atoms with E-state index in [1.54, 1.807) is 0 Å². The van der Waals surface area contributed by atoms with E-state index in [9.17, 15) is 10.4 Å². The van der Waals surface area contributed by atoms with Gasteiger partial charge in [-0.3, -0.25) is 0 Å². The summed E-state index contributed by atoms with van der Waals surface area (Å²) in [5, 5.41) is 18.4. The van der Waals surface area contributed by atoms with Crippen LogP contribution >= 0.6 is 0 Å². The fourth-order valence-corrected chi connectivity index (χ4v) is 0.134. The molecular weight excluding hydrogens is 116 g/mol. The number of quaternary nitrogens is 2. The molecule has 2 unspecified atom stereocenters. The highest BCUT2D eigenvalue weighted by Gasteiger charge is 1.96. The zero-order valence-electron chi connectivity index (χ0n) is 4.63. The first-order valence-electron chi connectivity index (χ1n) is 1.94. The molecule has 0 aliphatic rings. The molecule has 50 valence electrons. The van der Waals surface area contributed by atoms with Crippen LogP contribution in [0.25, 0.3) is 0 Å². The van der Waals surface area contributed by atoms with Crippen LogP contribution in [0.5, 0.6) is 0 Å². The van der Waals surface area contributed by atoms with Crippen molar-refractivity contribution in [1.29, 1.82) is 0 Å². The third-order valence-electron chi connectivity index (χ3n) is 0.446. The maximum absolute atomic E-state index is 10.0. The van der Waals surface area contributed by atoms with Gasteiger partial charge in [-0.25, -0.2) is 0 Å². The number of rotatable bonds is 3. The molecule has 0 aromatic rings. The first-order chi connectivity index (χ1) is 3.68. The fraction of sp³-hybridized carbons (Fsp3) is 1.00. The van der Waals surface area contributed by atoms with Gasteiger partial charge in [0.15, 0.2) is 0 Å². The second-order valence-electron chi connectivity index (χ2n) is 1.09. The van der Waals surface area contributed by atoms with Gasteiger partial charge in [-0.2, -0.15) is 10.1 Å². The van der Waals surface area contributed by atoms with Crippen LogP contribution in [0, 0.1) is 10.4 Å². The van der Waals surface area contributed by atoms with E-state index >= 15 is 0 Å². The Balaban J connectivity index is 3.17. The average molecular weight is 124 g/mol. The van der Waals surface area contributed by atoms with Crippen molar-refractivity contribution in [1.82, 2.24) is 0 Å². The van der Waals surface area contributed by atoms with Crippen LogP contribution in [-0.4, -0.2) is 14.2 Å². The Morgan fingerprint density at radius 3 is 2.00 bits per heavy atom. The summed E-state index contributed by atoms with van der Waals surface area (Å²) >= 11 is 0. The number of hydrogen-bond donors (Lipinski definition) is 2. The van der Waals surface area contributed by atoms with Crippen LogP contribution < -0.4 is 10.5 Å². The van der Waals surface area contributed by atoms with Crippen LogP contribution in [0.15, 0.2) is 0 Å². The van der Waals surface area contributed by atoms with Crippen molar-refractivity contribution in [2.75, 3.05) is 14.2 Å². The maximum Gasteiger partial charge on any atom is 0.114 e. The summed E-state index contributed by atoms with van der Waals surface area (Å²) in [6.45, 7) is 0. The molecule has 0 aromatic heterocycles. The Hall–Kier alpha value is -0.240. The predicted octanol–water partition coefficient (Wildman–Crippen LogP) is -3.21. The third kappa shape index (κ3) is 2.86. The lowest BCUT2D eigenvalue weighted by molar-refractivity contribution is -1.55. The average Bonchev–Trinajstić information content (AvgIpc) is 1.67. The quantitative estimate of drug-likeness (QED) is 0.307. The Morgan fingerprint density at radius 1 is 1.38 bits per heavy atom. The van der Waals surface area contributed by atoms with Crippen molar-refractivity contribution in [3.05, 3.63) is 10.4 Å². The normalized spacial score (nSPS) is 18.0. The minimum atomic E-state index is -0.979. The highest BCUT2D eigenvalue weighted by molar-refractivity contribution is 3.84. The van der Waals surface area contributed by atoms with E-state index in [2.05, 4.69) is 9.88 Å². The van der Waals surface area contributed by atoms with E-state index < -0.39 is 10.5 Å². The summed E-state index contributed by atoms with van der Waals surface area (Å²) in [7, 11) is 2.25. The van der Waals surface area contributed by atoms with E-state index in [-0.39, 0.29) is 0 Å². The molecule has 2 atom stereocenters. The van der Waals surface area contributed by atoms with Crippen LogP contribution in [0.1, 0.15) is 0 Å². The first kappa shape index (κ1) is 7.76. The lowest BCUT2D eigenvalue weighted by Crippen LogP contribution is -3.54. The molecule has 0 bridgehead atoms. The summed E-state index contributed by atoms with van der Waals surface area (Å²) in [6.07, 6.45) is 0. The van der Waals surface area contributed by atoms with E-state index in [1.807, 2.05) is 0 Å². The van der Waals surface area contributed by atoms with Gasteiger partial charge in [-0.05, 0) is 5.34 Å². The van der Waals surface area contributed by atoms with Crippen molar-refractivity contribution in [2.24, 2.45) is 0 Å². The number of nitrogens with one attached hydrogen (secondary N) is 2. The molecule has 0 saturated carbocycles. The first-order valence-corrected chi connectivity index (χ1v) is 1.94. The van der Waals surface area contributed by atoms with Crippen LogP contribution in [0.3, 0.4) is 0 Å². The molecule has 0 fully saturated rings. The Bertz CT molecular complexity index is 58.0. The van der Waals surface area contributed by atoms with Gasteiger partial charge in [0.2, 0.25) is 0 Å². The molecule has 0 aliphatic carbocycles. The summed E-state index contributed by atoms with van der Waals surface area (Å²) in [5.74, 6) is 0. The second kappa shape index (κ2) is 3.72. The SMILES string of the molecule is COO[NH+]([O-])[NH+](C)[O-]. The van der Waals surface area contributed by atoms with E-state index in [4.69, 9.17) is 0 Å². The maximum atomic E-state index is 10.0. The molecule has 0 rings (SSSR count). The summed E-state index contributed by atoms with van der Waals surface area (Å²) in [5.41, 5.74) is 0. The molecule has 0 aliphatic heterocycles. The van der Waals surface area contributed by atoms with Gasteiger partial charge in [0.05, 0.1) is 7.11 Å². The molecule has 0 amide bonds. The molecule has 0 saturated heterocycles. The Labute approximate surface area is 46.2 Å². The van der Waals surface area contributed by atoms with Crippen molar-refractivity contribution < 1.29 is 20.4 Å². The minimum Gasteiger partial charge on any atom is -0.581 e. The third-order valence-corrected chi connectivity index (χ3v) is 0.446. The summed E-state index contributed by atoms with van der Waals surface area (Å²) in [4.78, 5) is 7.71. The largest absolute Gasteiger partial charge is 0.581 e. The molecule has 8 heavy (non-hydrogen) atoms. The van der Waals surface area contributed by atoms with Crippen LogP contribution in [0.2, 0.25) is 0 Å². The van der Waals surface area contributed by atoms with E-state index in [0.29, 0.717) is 0 Å². The Kier molecular flexibility index (Phi) is 3.61. The predicted molar refractivity (Wildman–Crippen MR) is 22.7 cm³/mol. The van der Waals surface area contributed by atoms with Gasteiger partial charge in [0.25, 0.3) is 0 Å². The van der Waals surface area contributed by atoms with Gasteiger partial charge in [-0.1, -0.05) is 0 Å². The molecule has 2 N–H and O–H groups in total. The minimum absolute atomic E-state index is 0.674. The monoisotopic (exact) mass is 124 g/mol. The van der Waals surface area contributed by atoms with Gasteiger partial charge >= 0.3 is 0 Å². The molecule has 0 radical (unpaired) electrons. The highest BCUT2D eigenvalue weighted by Crippen LogP contribution is 1.46. The zero-order valence-corrected chi connectivity index (χ0v) is 4.63. The molecule has 6 heteroatoms. The van der Waals surface area contributed by atoms with Crippen molar-refractivity contribution in [3.8, 4) is 0 Å². The lowest BCUT2D eigenvalue weighted by atomic mass is 11.5. The topological polar surface area (TPSA) is 73.5 Å². The van der Waals surface area contributed by atoms with Crippen molar-refractivity contribution >= 4 is 0 Å². The van der Waals surface area contributed by atoms with E-state index in [0.717, 1.165) is 14.2 Å². The van der Waals surface area contributed by atoms with Crippen molar-refractivity contribution in [2.45, 2.75) is 0 Å². The molecule has 0 heterocycles. The van der Waals surface area contributed by atoms with Gasteiger partial charge in [0.1, 0.15) is 7.05 Å². The number of hydrogen-bond acceptors (Lipinski definition) is 4. The molecule has 0 aromatic carbocycles. The van der Waals surface area contributed by atoms with E-state index in [1.165, 1.54) is 0 Å². The summed E-state index contributed by atoms with van der Waals surface area (Å²) in [6, 6.07) is 0. The van der Waals surface area contributed by atoms with Crippen LogP contribution in [0.4, 0.5) is 0 Å². The molecular formula is C2H8N2O4. The fourth-order valence-electron chi connectivity index (χ4n) is 0.134. The van der Waals surface area contributed by atoms with Crippen molar-refractivity contribution in [3.63, 3.8) is 0 Å². The molecule has 0 spiro atoms. The lowest BCUT2D eigenvalue weighted by Gasteiger charge is -2.23. The molecule has 6 nitrogen and oxygen atoms in total. The van der Waals surface area contributed by atoms with Crippen LogP contribution in [-0.2, 0) is 9.88 Å².